The molecule has 0 aromatic rings. The lowest BCUT2D eigenvalue weighted by Crippen LogP contribution is -2.46. The minimum absolute atomic E-state index is 0.107. The lowest BCUT2D eigenvalue weighted by atomic mass is 10.1. The molecule has 0 atom stereocenters. The highest BCUT2D eigenvalue weighted by Crippen LogP contribution is 1.97. The number of hydrogen-bond donors (Lipinski definition) is 3. The smallest absolute Gasteiger partial charge is 0.315 e. The van der Waals surface area contributed by atoms with Gasteiger partial charge in [-0.15, -0.1) is 0 Å². The molecule has 0 radical (unpaired) electrons. The molecule has 0 aliphatic carbocycles. The minimum Gasteiger partial charge on any atom is -0.338 e. The van der Waals surface area contributed by atoms with E-state index in [2.05, 4.69) is 10.6 Å². The molecule has 0 saturated heterocycles. The molecule has 0 aromatic carbocycles. The van der Waals surface area contributed by atoms with Gasteiger partial charge in [0.2, 0.25) is 0 Å². The Morgan fingerprint density at radius 2 is 1.92 bits per heavy atom. The number of nitrogens with one attached hydrogen (secondary N) is 2. The van der Waals surface area contributed by atoms with Crippen molar-refractivity contribution in [1.29, 1.82) is 0 Å². The summed E-state index contributed by atoms with van der Waals surface area (Å²) >= 11 is 0. The largest absolute Gasteiger partial charge is 0.338 e. The van der Waals surface area contributed by atoms with Crippen LogP contribution in [0.3, 0.4) is 0 Å². The average molecular weight is 187 g/mol. The molecule has 2 amide bonds. The number of hydrogen-bond acceptors (Lipinski definition) is 2. The molecular formula is C9H21N3O. The van der Waals surface area contributed by atoms with E-state index in [1.165, 1.54) is 0 Å². The molecule has 0 unspecified atom stereocenters. The summed E-state index contributed by atoms with van der Waals surface area (Å²) in [5.74, 6) is 0. The fourth-order valence-corrected chi connectivity index (χ4v) is 0.856. The van der Waals surface area contributed by atoms with Gasteiger partial charge in [-0.1, -0.05) is 0 Å². The summed E-state index contributed by atoms with van der Waals surface area (Å²) < 4.78 is 0. The van der Waals surface area contributed by atoms with E-state index >= 15 is 0 Å². The molecule has 0 fully saturated rings. The third-order valence-corrected chi connectivity index (χ3v) is 1.40. The number of unbranched alkanes of at least 4 members (excludes halogenated alkanes) is 1. The standard InChI is InChI=1S/C9H21N3O/c1-9(2,3)12-8(13)11-7-5-4-6-10/h4-7,10H2,1-3H3,(H2,11,12,13). The number of carbonyl (C=O) groups is 1. The van der Waals surface area contributed by atoms with Gasteiger partial charge < -0.3 is 16.4 Å². The van der Waals surface area contributed by atoms with E-state index in [9.17, 15) is 4.79 Å². The van der Waals surface area contributed by atoms with Crippen LogP contribution in [0.4, 0.5) is 4.79 Å². The Morgan fingerprint density at radius 1 is 1.31 bits per heavy atom. The summed E-state index contributed by atoms with van der Waals surface area (Å²) in [6.07, 6.45) is 1.89. The van der Waals surface area contributed by atoms with Gasteiger partial charge in [0, 0.05) is 12.1 Å². The maximum Gasteiger partial charge on any atom is 0.315 e. The first-order valence-electron chi connectivity index (χ1n) is 4.72. The van der Waals surface area contributed by atoms with Gasteiger partial charge in [-0.05, 0) is 40.2 Å². The quantitative estimate of drug-likeness (QED) is 0.570. The molecule has 4 nitrogen and oxygen atoms in total. The highest BCUT2D eigenvalue weighted by Gasteiger charge is 2.12. The normalized spacial score (nSPS) is 11.1. The lowest BCUT2D eigenvalue weighted by molar-refractivity contribution is 0.232. The second kappa shape index (κ2) is 5.80. The second-order valence-corrected chi connectivity index (χ2v) is 4.13. The van der Waals surface area contributed by atoms with E-state index < -0.39 is 0 Å². The van der Waals surface area contributed by atoms with Crippen LogP contribution in [0.25, 0.3) is 0 Å². The maximum atomic E-state index is 11.2. The van der Waals surface area contributed by atoms with Crippen molar-refractivity contribution in [3.63, 3.8) is 0 Å². The first kappa shape index (κ1) is 12.2. The van der Waals surface area contributed by atoms with Crippen molar-refractivity contribution in [1.82, 2.24) is 10.6 Å². The zero-order chi connectivity index (χ0) is 10.3. The van der Waals surface area contributed by atoms with Gasteiger partial charge in [0.15, 0.2) is 0 Å². The summed E-state index contributed by atoms with van der Waals surface area (Å²) in [5.41, 5.74) is 5.15. The molecule has 0 spiro atoms. The number of urea groups is 1. The van der Waals surface area contributed by atoms with Crippen LogP contribution < -0.4 is 16.4 Å². The molecule has 4 N–H and O–H groups in total. The lowest BCUT2D eigenvalue weighted by Gasteiger charge is -2.20. The number of amides is 2. The summed E-state index contributed by atoms with van der Waals surface area (Å²) in [6, 6.07) is -0.107. The fourth-order valence-electron chi connectivity index (χ4n) is 0.856. The Bertz CT molecular complexity index is 151. The predicted molar refractivity (Wildman–Crippen MR) is 54.6 cm³/mol. The van der Waals surface area contributed by atoms with Crippen molar-refractivity contribution in [2.45, 2.75) is 39.2 Å². The summed E-state index contributed by atoms with van der Waals surface area (Å²) in [6.45, 7) is 7.23. The summed E-state index contributed by atoms with van der Waals surface area (Å²) in [4.78, 5) is 11.2. The van der Waals surface area contributed by atoms with Gasteiger partial charge >= 0.3 is 6.03 Å². The third kappa shape index (κ3) is 9.14. The number of rotatable bonds is 4. The Kier molecular flexibility index (Phi) is 5.46. The van der Waals surface area contributed by atoms with Crippen molar-refractivity contribution >= 4 is 6.03 Å². The van der Waals surface area contributed by atoms with Crippen LogP contribution in [0.15, 0.2) is 0 Å². The van der Waals surface area contributed by atoms with Crippen molar-refractivity contribution < 1.29 is 4.79 Å². The fraction of sp³-hybridized carbons (Fsp3) is 0.889. The van der Waals surface area contributed by atoms with E-state index in [1.807, 2.05) is 20.8 Å². The first-order valence-corrected chi connectivity index (χ1v) is 4.72. The van der Waals surface area contributed by atoms with Gasteiger partial charge in [0.1, 0.15) is 0 Å². The van der Waals surface area contributed by atoms with Crippen molar-refractivity contribution in [3.05, 3.63) is 0 Å². The average Bonchev–Trinajstić information content (AvgIpc) is 1.94. The van der Waals surface area contributed by atoms with Gasteiger partial charge in [-0.25, -0.2) is 4.79 Å². The van der Waals surface area contributed by atoms with E-state index in [4.69, 9.17) is 5.73 Å². The SMILES string of the molecule is CC(C)(C)NC(=O)NCCCCN. The van der Waals surface area contributed by atoms with Gasteiger partial charge in [0.05, 0.1) is 0 Å². The van der Waals surface area contributed by atoms with Crippen LogP contribution in [-0.2, 0) is 0 Å². The molecule has 13 heavy (non-hydrogen) atoms. The van der Waals surface area contributed by atoms with Crippen LogP contribution >= 0.6 is 0 Å². The van der Waals surface area contributed by atoms with E-state index in [0.717, 1.165) is 12.8 Å². The minimum atomic E-state index is -0.169. The van der Waals surface area contributed by atoms with E-state index in [-0.39, 0.29) is 11.6 Å². The second-order valence-electron chi connectivity index (χ2n) is 4.13. The van der Waals surface area contributed by atoms with Crippen LogP contribution in [0.2, 0.25) is 0 Å². The zero-order valence-corrected chi connectivity index (χ0v) is 8.81. The first-order chi connectivity index (χ1) is 5.95. The topological polar surface area (TPSA) is 67.2 Å². The molecule has 78 valence electrons. The molecular weight excluding hydrogens is 166 g/mol. The molecule has 0 rings (SSSR count). The molecule has 4 heteroatoms. The Morgan fingerprint density at radius 3 is 2.38 bits per heavy atom. The highest BCUT2D eigenvalue weighted by molar-refractivity contribution is 5.74. The molecule has 0 aromatic heterocycles. The predicted octanol–water partition coefficient (Wildman–Crippen LogP) is 0.823. The molecule has 0 heterocycles. The van der Waals surface area contributed by atoms with Crippen molar-refractivity contribution in [2.24, 2.45) is 5.73 Å². The van der Waals surface area contributed by atoms with Gasteiger partial charge in [0.25, 0.3) is 0 Å². The van der Waals surface area contributed by atoms with Crippen LogP contribution in [0, 0.1) is 0 Å². The zero-order valence-electron chi connectivity index (χ0n) is 8.81. The van der Waals surface area contributed by atoms with E-state index in [0.29, 0.717) is 13.1 Å². The van der Waals surface area contributed by atoms with Gasteiger partial charge in [-0.2, -0.15) is 0 Å². The molecule has 0 aliphatic rings. The number of carbonyl (C=O) groups excluding carboxylic acids is 1. The van der Waals surface area contributed by atoms with Gasteiger partial charge in [-0.3, -0.25) is 0 Å². The highest BCUT2D eigenvalue weighted by atomic mass is 16.2. The Hall–Kier alpha value is -0.770. The summed E-state index contributed by atoms with van der Waals surface area (Å²) in [7, 11) is 0. The van der Waals surface area contributed by atoms with Crippen LogP contribution in [0.5, 0.6) is 0 Å². The molecule has 0 bridgehead atoms. The Labute approximate surface area is 80.3 Å². The summed E-state index contributed by atoms with van der Waals surface area (Å²) in [5, 5.41) is 5.58. The number of nitrogens with two attached hydrogens (primary N) is 1. The maximum absolute atomic E-state index is 11.2. The van der Waals surface area contributed by atoms with Crippen molar-refractivity contribution in [3.8, 4) is 0 Å². The molecule has 0 saturated carbocycles. The van der Waals surface area contributed by atoms with Crippen LogP contribution in [0.1, 0.15) is 33.6 Å². The van der Waals surface area contributed by atoms with Crippen molar-refractivity contribution in [2.75, 3.05) is 13.1 Å². The molecule has 0 aliphatic heterocycles. The third-order valence-electron chi connectivity index (χ3n) is 1.40. The monoisotopic (exact) mass is 187 g/mol. The Balaban J connectivity index is 3.41. The van der Waals surface area contributed by atoms with Crippen LogP contribution in [-0.4, -0.2) is 24.7 Å². The van der Waals surface area contributed by atoms with E-state index in [1.54, 1.807) is 0 Å².